The Kier molecular flexibility index (Phi) is 9.95. The molecule has 3 amide bonds. The minimum absolute atomic E-state index is 0.133. The van der Waals surface area contributed by atoms with Crippen LogP contribution in [0.4, 0.5) is 15.8 Å². The SMILES string of the molecule is Cc1c(Cl)cccc1NC(=O)C(C)Sc1cccc(NC(=O)/C(=C/c2ccccc2F)NC(=O)c2ccccc2)c1. The van der Waals surface area contributed by atoms with E-state index >= 15 is 0 Å². The van der Waals surface area contributed by atoms with E-state index in [1.165, 1.54) is 36.0 Å². The molecule has 208 valence electrons. The number of carbonyl (C=O) groups is 3. The second-order valence-electron chi connectivity index (χ2n) is 9.04. The molecule has 0 spiro atoms. The van der Waals surface area contributed by atoms with Crippen molar-refractivity contribution in [2.24, 2.45) is 0 Å². The van der Waals surface area contributed by atoms with Crippen molar-refractivity contribution in [1.82, 2.24) is 5.32 Å². The lowest BCUT2D eigenvalue weighted by Gasteiger charge is -2.15. The minimum atomic E-state index is -0.637. The summed E-state index contributed by atoms with van der Waals surface area (Å²) in [6.07, 6.45) is 1.29. The number of thioether (sulfide) groups is 1. The number of rotatable bonds is 9. The van der Waals surface area contributed by atoms with E-state index in [1.54, 1.807) is 79.7 Å². The second kappa shape index (κ2) is 13.8. The maximum atomic E-state index is 14.4. The molecule has 0 bridgehead atoms. The fourth-order valence-corrected chi connectivity index (χ4v) is 4.87. The standard InChI is InChI=1S/C32H27ClFN3O3S/c1-20-26(33)15-9-17-28(20)36-30(38)21(2)41-25-14-8-13-24(19-25)35-32(40)29(18-23-12-6-7-16-27(23)34)37-31(39)22-10-4-3-5-11-22/h3-19,21H,1-2H3,(H,35,40)(H,36,38)(H,37,39)/b29-18-. The third-order valence-corrected chi connectivity index (χ3v) is 7.54. The zero-order valence-corrected chi connectivity index (χ0v) is 23.9. The Hall–Kier alpha value is -4.40. The molecule has 0 aliphatic rings. The summed E-state index contributed by atoms with van der Waals surface area (Å²) in [5, 5.41) is 8.37. The summed E-state index contributed by atoms with van der Waals surface area (Å²) >= 11 is 7.48. The number of hydrogen-bond acceptors (Lipinski definition) is 4. The van der Waals surface area contributed by atoms with Gasteiger partial charge in [-0.05, 0) is 74.0 Å². The predicted molar refractivity (Wildman–Crippen MR) is 163 cm³/mol. The Balaban J connectivity index is 1.49. The van der Waals surface area contributed by atoms with Crippen molar-refractivity contribution in [3.05, 3.63) is 130 Å². The van der Waals surface area contributed by atoms with Crippen LogP contribution in [0.3, 0.4) is 0 Å². The fraction of sp³-hybridized carbons (Fsp3) is 0.0938. The van der Waals surface area contributed by atoms with Gasteiger partial charge in [0.05, 0.1) is 5.25 Å². The molecule has 6 nitrogen and oxygen atoms in total. The molecule has 0 fully saturated rings. The van der Waals surface area contributed by atoms with Gasteiger partial charge in [-0.15, -0.1) is 11.8 Å². The van der Waals surface area contributed by atoms with Gasteiger partial charge in [0.15, 0.2) is 0 Å². The van der Waals surface area contributed by atoms with Gasteiger partial charge in [-0.2, -0.15) is 0 Å². The van der Waals surface area contributed by atoms with Crippen LogP contribution in [0.2, 0.25) is 5.02 Å². The number of nitrogens with one attached hydrogen (secondary N) is 3. The van der Waals surface area contributed by atoms with E-state index in [0.29, 0.717) is 22.0 Å². The Morgan fingerprint density at radius 2 is 1.59 bits per heavy atom. The van der Waals surface area contributed by atoms with Crippen LogP contribution < -0.4 is 16.0 Å². The predicted octanol–water partition coefficient (Wildman–Crippen LogP) is 7.32. The lowest BCUT2D eigenvalue weighted by atomic mass is 10.1. The van der Waals surface area contributed by atoms with Crippen molar-refractivity contribution in [1.29, 1.82) is 0 Å². The quantitative estimate of drug-likeness (QED) is 0.141. The van der Waals surface area contributed by atoms with E-state index in [-0.39, 0.29) is 17.2 Å². The molecule has 0 aromatic heterocycles. The van der Waals surface area contributed by atoms with Gasteiger partial charge in [-0.3, -0.25) is 14.4 Å². The van der Waals surface area contributed by atoms with Gasteiger partial charge in [0.25, 0.3) is 11.8 Å². The molecule has 0 saturated heterocycles. The summed E-state index contributed by atoms with van der Waals surface area (Å²) in [5.41, 5.74) is 2.22. The maximum Gasteiger partial charge on any atom is 0.272 e. The number of carbonyl (C=O) groups excluding carboxylic acids is 3. The molecular formula is C32H27ClFN3O3S. The molecule has 9 heteroatoms. The van der Waals surface area contributed by atoms with Crippen molar-refractivity contribution >= 4 is 58.5 Å². The van der Waals surface area contributed by atoms with Gasteiger partial charge in [0.2, 0.25) is 5.91 Å². The van der Waals surface area contributed by atoms with Crippen LogP contribution in [0.5, 0.6) is 0 Å². The van der Waals surface area contributed by atoms with Gasteiger partial charge >= 0.3 is 0 Å². The van der Waals surface area contributed by atoms with Crippen LogP contribution in [0, 0.1) is 12.7 Å². The van der Waals surface area contributed by atoms with Crippen LogP contribution in [0.15, 0.2) is 108 Å². The average Bonchev–Trinajstić information content (AvgIpc) is 2.96. The van der Waals surface area contributed by atoms with Crippen molar-refractivity contribution in [3.63, 3.8) is 0 Å². The molecule has 4 rings (SSSR count). The molecule has 0 heterocycles. The highest BCUT2D eigenvalue weighted by Gasteiger charge is 2.18. The second-order valence-corrected chi connectivity index (χ2v) is 10.9. The zero-order chi connectivity index (χ0) is 29.4. The number of halogens is 2. The van der Waals surface area contributed by atoms with Crippen LogP contribution >= 0.6 is 23.4 Å². The van der Waals surface area contributed by atoms with E-state index in [2.05, 4.69) is 16.0 Å². The molecule has 0 aliphatic heterocycles. The summed E-state index contributed by atoms with van der Waals surface area (Å²) in [6, 6.07) is 26.6. The highest BCUT2D eigenvalue weighted by atomic mass is 35.5. The van der Waals surface area contributed by atoms with Gasteiger partial charge in [0.1, 0.15) is 11.5 Å². The van der Waals surface area contributed by atoms with E-state index in [1.807, 2.05) is 13.0 Å². The average molecular weight is 588 g/mol. The largest absolute Gasteiger partial charge is 0.325 e. The lowest BCUT2D eigenvalue weighted by molar-refractivity contribution is -0.115. The Bertz CT molecular complexity index is 1610. The Labute approximate surface area is 247 Å². The zero-order valence-electron chi connectivity index (χ0n) is 22.3. The molecule has 41 heavy (non-hydrogen) atoms. The molecule has 4 aromatic carbocycles. The van der Waals surface area contributed by atoms with E-state index < -0.39 is 22.9 Å². The third-order valence-electron chi connectivity index (χ3n) is 6.03. The Morgan fingerprint density at radius 1 is 0.878 bits per heavy atom. The molecule has 1 atom stereocenters. The summed E-state index contributed by atoms with van der Waals surface area (Å²) < 4.78 is 14.4. The van der Waals surface area contributed by atoms with Gasteiger partial charge < -0.3 is 16.0 Å². The van der Waals surface area contributed by atoms with Crippen LogP contribution in [-0.4, -0.2) is 23.0 Å². The van der Waals surface area contributed by atoms with Gasteiger partial charge in [-0.25, -0.2) is 4.39 Å². The lowest BCUT2D eigenvalue weighted by Crippen LogP contribution is -2.30. The molecule has 4 aromatic rings. The van der Waals surface area contributed by atoms with Crippen molar-refractivity contribution in [3.8, 4) is 0 Å². The molecule has 1 unspecified atom stereocenters. The number of hydrogen-bond donors (Lipinski definition) is 3. The molecule has 3 N–H and O–H groups in total. The smallest absolute Gasteiger partial charge is 0.272 e. The first-order valence-electron chi connectivity index (χ1n) is 12.7. The van der Waals surface area contributed by atoms with E-state index in [9.17, 15) is 18.8 Å². The van der Waals surface area contributed by atoms with Crippen LogP contribution in [0.1, 0.15) is 28.4 Å². The number of benzene rings is 4. The fourth-order valence-electron chi connectivity index (χ4n) is 3.77. The van der Waals surface area contributed by atoms with Crippen molar-refractivity contribution in [2.75, 3.05) is 10.6 Å². The normalized spacial score (nSPS) is 11.9. The first kappa shape index (κ1) is 29.6. The summed E-state index contributed by atoms with van der Waals surface area (Å²) in [7, 11) is 0. The Morgan fingerprint density at radius 3 is 2.34 bits per heavy atom. The monoisotopic (exact) mass is 587 g/mol. The maximum absolute atomic E-state index is 14.4. The number of anilines is 2. The van der Waals surface area contributed by atoms with Crippen LogP contribution in [-0.2, 0) is 9.59 Å². The summed E-state index contributed by atoms with van der Waals surface area (Å²) in [4.78, 5) is 39.7. The highest BCUT2D eigenvalue weighted by molar-refractivity contribution is 8.00. The molecule has 0 saturated carbocycles. The molecule has 0 aliphatic carbocycles. The van der Waals surface area contributed by atoms with Crippen LogP contribution in [0.25, 0.3) is 6.08 Å². The van der Waals surface area contributed by atoms with E-state index in [0.717, 1.165) is 10.5 Å². The topological polar surface area (TPSA) is 87.3 Å². The minimum Gasteiger partial charge on any atom is -0.325 e. The van der Waals surface area contributed by atoms with Crippen molar-refractivity contribution < 1.29 is 18.8 Å². The first-order valence-corrected chi connectivity index (χ1v) is 13.9. The summed E-state index contributed by atoms with van der Waals surface area (Å²) in [5.74, 6) is -1.89. The van der Waals surface area contributed by atoms with Crippen molar-refractivity contribution in [2.45, 2.75) is 24.0 Å². The summed E-state index contributed by atoms with van der Waals surface area (Å²) in [6.45, 7) is 3.61. The van der Waals surface area contributed by atoms with Gasteiger partial charge in [0, 0.05) is 32.4 Å². The third kappa shape index (κ3) is 8.06. The van der Waals surface area contributed by atoms with Gasteiger partial charge in [-0.1, -0.05) is 60.1 Å². The number of amides is 3. The highest BCUT2D eigenvalue weighted by Crippen LogP contribution is 2.28. The van der Waals surface area contributed by atoms with E-state index in [4.69, 9.17) is 11.6 Å². The first-order chi connectivity index (χ1) is 19.7. The molecular weight excluding hydrogens is 561 g/mol. The molecule has 0 radical (unpaired) electrons.